The van der Waals surface area contributed by atoms with Crippen molar-refractivity contribution in [3.8, 4) is 5.75 Å². The normalized spacial score (nSPS) is 11.5. The molecule has 0 saturated heterocycles. The van der Waals surface area contributed by atoms with Gasteiger partial charge in [-0.05, 0) is 34.1 Å². The van der Waals surface area contributed by atoms with Crippen LogP contribution in [-0.4, -0.2) is 23.1 Å². The number of rotatable bonds is 5. The Morgan fingerprint density at radius 2 is 2.10 bits per heavy atom. The molecule has 0 amide bonds. The Morgan fingerprint density at radius 1 is 1.33 bits per heavy atom. The molecule has 1 aromatic carbocycles. The molecule has 0 aliphatic carbocycles. The third-order valence-electron chi connectivity index (χ3n) is 2.23. The first-order valence-electron chi connectivity index (χ1n) is 5.72. The van der Waals surface area contributed by atoms with E-state index in [4.69, 9.17) is 10.2 Å². The van der Waals surface area contributed by atoms with Gasteiger partial charge in [0.2, 0.25) is 5.89 Å². The van der Waals surface area contributed by atoms with Crippen molar-refractivity contribution in [1.29, 1.82) is 0 Å². The number of nitrogens with zero attached hydrogens (tertiary/aromatic N) is 2. The van der Waals surface area contributed by atoms with Crippen molar-refractivity contribution < 1.29 is 22.3 Å². The predicted molar refractivity (Wildman–Crippen MR) is 71.2 cm³/mol. The number of ether oxygens (including phenoxy) is 1. The molecule has 2 rings (SSSR count). The number of benzene rings is 1. The molecule has 114 valence electrons. The second kappa shape index (κ2) is 6.31. The van der Waals surface area contributed by atoms with Crippen LogP contribution in [0.4, 0.5) is 24.9 Å². The summed E-state index contributed by atoms with van der Waals surface area (Å²) in [7, 11) is 0. The summed E-state index contributed by atoms with van der Waals surface area (Å²) >= 11 is 3.00. The van der Waals surface area contributed by atoms with E-state index in [1.807, 2.05) is 0 Å². The number of hydrogen-bond acceptors (Lipinski definition) is 6. The molecule has 0 aliphatic rings. The maximum atomic E-state index is 12.1. The van der Waals surface area contributed by atoms with Gasteiger partial charge >= 0.3 is 12.4 Å². The van der Waals surface area contributed by atoms with Crippen molar-refractivity contribution in [1.82, 2.24) is 10.2 Å². The fourth-order valence-corrected chi connectivity index (χ4v) is 1.90. The van der Waals surface area contributed by atoms with Crippen LogP contribution in [0.1, 0.15) is 5.89 Å². The molecule has 0 spiro atoms. The lowest BCUT2D eigenvalue weighted by Gasteiger charge is -2.11. The first-order chi connectivity index (χ1) is 9.87. The SMILES string of the molecule is NCCc1nnc(Nc2ccc(OC(F)(F)F)c(Br)c2)o1. The van der Waals surface area contributed by atoms with Crippen molar-refractivity contribution in [2.75, 3.05) is 11.9 Å². The highest BCUT2D eigenvalue weighted by molar-refractivity contribution is 9.10. The molecular formula is C11H10BrF3N4O2. The van der Waals surface area contributed by atoms with Crippen LogP contribution in [0.2, 0.25) is 0 Å². The summed E-state index contributed by atoms with van der Waals surface area (Å²) in [5, 5.41) is 10.2. The van der Waals surface area contributed by atoms with Gasteiger partial charge in [0.15, 0.2) is 0 Å². The Bertz CT molecular complexity index is 618. The van der Waals surface area contributed by atoms with Crippen molar-refractivity contribution in [3.05, 3.63) is 28.6 Å². The molecule has 1 heterocycles. The van der Waals surface area contributed by atoms with Gasteiger partial charge in [-0.3, -0.25) is 0 Å². The Morgan fingerprint density at radius 3 is 2.71 bits per heavy atom. The molecule has 0 radical (unpaired) electrons. The van der Waals surface area contributed by atoms with Gasteiger partial charge in [-0.1, -0.05) is 5.10 Å². The summed E-state index contributed by atoms with van der Waals surface area (Å²) in [5.74, 6) is 0.0264. The molecule has 21 heavy (non-hydrogen) atoms. The van der Waals surface area contributed by atoms with Gasteiger partial charge < -0.3 is 20.2 Å². The molecule has 3 N–H and O–H groups in total. The van der Waals surface area contributed by atoms with Crippen LogP contribution < -0.4 is 15.8 Å². The average Bonchev–Trinajstić information content (AvgIpc) is 2.79. The smallest absolute Gasteiger partial charge is 0.408 e. The van der Waals surface area contributed by atoms with Gasteiger partial charge in [-0.25, -0.2) is 0 Å². The van der Waals surface area contributed by atoms with Gasteiger partial charge in [-0.15, -0.1) is 18.3 Å². The third kappa shape index (κ3) is 4.60. The number of nitrogens with one attached hydrogen (secondary N) is 1. The minimum absolute atomic E-state index is 0.120. The lowest BCUT2D eigenvalue weighted by Crippen LogP contribution is -2.17. The van der Waals surface area contributed by atoms with Crippen LogP contribution in [0.25, 0.3) is 0 Å². The summed E-state index contributed by atoms with van der Waals surface area (Å²) in [6, 6.07) is 4.07. The quantitative estimate of drug-likeness (QED) is 0.845. The van der Waals surface area contributed by atoms with E-state index in [1.165, 1.54) is 12.1 Å². The molecule has 0 aliphatic heterocycles. The molecule has 2 aromatic rings. The van der Waals surface area contributed by atoms with Crippen molar-refractivity contribution in [2.24, 2.45) is 5.73 Å². The van der Waals surface area contributed by atoms with Crippen LogP contribution in [0.15, 0.2) is 27.1 Å². The molecule has 0 atom stereocenters. The van der Waals surface area contributed by atoms with E-state index in [2.05, 4.69) is 36.2 Å². The predicted octanol–water partition coefficient (Wildman–Crippen LogP) is 2.98. The number of anilines is 2. The fourth-order valence-electron chi connectivity index (χ4n) is 1.44. The number of alkyl halides is 3. The van der Waals surface area contributed by atoms with Crippen LogP contribution in [0, 0.1) is 0 Å². The monoisotopic (exact) mass is 366 g/mol. The van der Waals surface area contributed by atoms with Crippen LogP contribution in [0.5, 0.6) is 5.75 Å². The molecule has 1 aromatic heterocycles. The number of hydrogen-bond donors (Lipinski definition) is 2. The molecule has 0 saturated carbocycles. The molecule has 0 bridgehead atoms. The average molecular weight is 367 g/mol. The molecular weight excluding hydrogens is 357 g/mol. The second-order valence-corrected chi connectivity index (χ2v) is 4.71. The first-order valence-corrected chi connectivity index (χ1v) is 6.51. The van der Waals surface area contributed by atoms with Gasteiger partial charge in [0, 0.05) is 18.7 Å². The Balaban J connectivity index is 2.09. The van der Waals surface area contributed by atoms with E-state index in [0.717, 1.165) is 6.07 Å². The minimum atomic E-state index is -4.75. The van der Waals surface area contributed by atoms with E-state index in [9.17, 15) is 13.2 Å². The molecule has 0 fully saturated rings. The van der Waals surface area contributed by atoms with E-state index in [-0.39, 0.29) is 16.2 Å². The summed E-state index contributed by atoms with van der Waals surface area (Å²) in [6.45, 7) is 0.372. The lowest BCUT2D eigenvalue weighted by atomic mass is 10.3. The lowest BCUT2D eigenvalue weighted by molar-refractivity contribution is -0.274. The Labute approximate surface area is 125 Å². The van der Waals surface area contributed by atoms with E-state index >= 15 is 0 Å². The summed E-state index contributed by atoms with van der Waals surface area (Å²) in [5.41, 5.74) is 5.81. The van der Waals surface area contributed by atoms with Crippen molar-refractivity contribution in [2.45, 2.75) is 12.8 Å². The number of nitrogens with two attached hydrogens (primary N) is 1. The zero-order chi connectivity index (χ0) is 15.5. The Kier molecular flexibility index (Phi) is 4.68. The Hall–Kier alpha value is -1.81. The van der Waals surface area contributed by atoms with Crippen LogP contribution in [-0.2, 0) is 6.42 Å². The fraction of sp³-hybridized carbons (Fsp3) is 0.273. The molecule has 6 nitrogen and oxygen atoms in total. The zero-order valence-electron chi connectivity index (χ0n) is 10.4. The number of aromatic nitrogens is 2. The number of halogens is 4. The molecule has 10 heteroatoms. The topological polar surface area (TPSA) is 86.2 Å². The largest absolute Gasteiger partial charge is 0.573 e. The second-order valence-electron chi connectivity index (χ2n) is 3.86. The van der Waals surface area contributed by atoms with Gasteiger partial charge in [0.25, 0.3) is 0 Å². The van der Waals surface area contributed by atoms with Crippen molar-refractivity contribution in [3.63, 3.8) is 0 Å². The van der Waals surface area contributed by atoms with Crippen LogP contribution in [0.3, 0.4) is 0 Å². The maximum Gasteiger partial charge on any atom is 0.573 e. The molecule has 0 unspecified atom stereocenters. The van der Waals surface area contributed by atoms with Gasteiger partial charge in [0.1, 0.15) is 5.75 Å². The van der Waals surface area contributed by atoms with E-state index in [1.54, 1.807) is 0 Å². The first kappa shape index (κ1) is 15.6. The summed E-state index contributed by atoms with van der Waals surface area (Å²) < 4.78 is 45.6. The third-order valence-corrected chi connectivity index (χ3v) is 2.85. The van der Waals surface area contributed by atoms with Gasteiger partial charge in [-0.2, -0.15) is 0 Å². The van der Waals surface area contributed by atoms with Gasteiger partial charge in [0.05, 0.1) is 4.47 Å². The summed E-state index contributed by atoms with van der Waals surface area (Å²) in [6.07, 6.45) is -4.31. The van der Waals surface area contributed by atoms with E-state index in [0.29, 0.717) is 24.5 Å². The van der Waals surface area contributed by atoms with Crippen LogP contribution >= 0.6 is 15.9 Å². The minimum Gasteiger partial charge on any atom is -0.408 e. The van der Waals surface area contributed by atoms with Crippen molar-refractivity contribution >= 4 is 27.6 Å². The highest BCUT2D eigenvalue weighted by atomic mass is 79.9. The zero-order valence-corrected chi connectivity index (χ0v) is 12.0. The van der Waals surface area contributed by atoms with E-state index < -0.39 is 6.36 Å². The summed E-state index contributed by atoms with van der Waals surface area (Å²) in [4.78, 5) is 0. The highest BCUT2D eigenvalue weighted by Crippen LogP contribution is 2.33. The maximum absolute atomic E-state index is 12.1. The highest BCUT2D eigenvalue weighted by Gasteiger charge is 2.31. The standard InChI is InChI=1S/C11H10BrF3N4O2/c12-7-5-6(1-2-8(7)21-11(13,14)15)17-10-19-18-9(20-10)3-4-16/h1-2,5H,3-4,16H2,(H,17,19).